The maximum Gasteiger partial charge on any atom is 0.123 e. The minimum absolute atomic E-state index is 0.197. The van der Waals surface area contributed by atoms with E-state index in [2.05, 4.69) is 11.8 Å². The molecule has 2 rings (SSSR count). The van der Waals surface area contributed by atoms with Crippen LogP contribution in [0.5, 0.6) is 0 Å². The zero-order valence-electron chi connectivity index (χ0n) is 7.92. The number of rotatable bonds is 1. The van der Waals surface area contributed by atoms with Gasteiger partial charge in [0.2, 0.25) is 0 Å². The van der Waals surface area contributed by atoms with E-state index in [0.29, 0.717) is 6.54 Å². The maximum absolute atomic E-state index is 12.9. The number of benzene rings is 1. The van der Waals surface area contributed by atoms with Crippen LogP contribution >= 0.6 is 0 Å². The molecule has 0 saturated heterocycles. The Balaban J connectivity index is 2.51. The second-order valence-electron chi connectivity index (χ2n) is 3.07. The van der Waals surface area contributed by atoms with Crippen LogP contribution in [0.2, 0.25) is 0 Å². The summed E-state index contributed by atoms with van der Waals surface area (Å²) in [6.07, 6.45) is 1.93. The Kier molecular flexibility index (Phi) is 2.24. The molecule has 0 aliphatic carbocycles. The molecule has 0 N–H and O–H groups in total. The molecule has 0 amide bonds. The van der Waals surface area contributed by atoms with E-state index >= 15 is 0 Å². The van der Waals surface area contributed by atoms with Crippen LogP contribution in [0.4, 0.5) is 4.39 Å². The van der Waals surface area contributed by atoms with Crippen molar-refractivity contribution in [1.29, 1.82) is 0 Å². The van der Waals surface area contributed by atoms with Gasteiger partial charge in [-0.2, -0.15) is 0 Å². The van der Waals surface area contributed by atoms with Crippen LogP contribution in [0, 0.1) is 17.7 Å². The monoisotopic (exact) mass is 187 g/mol. The Morgan fingerprint density at radius 3 is 3.00 bits per heavy atom. The largest absolute Gasteiger partial charge is 0.336 e. The Labute approximate surface area is 82.2 Å². The third-order valence-electron chi connectivity index (χ3n) is 2.16. The van der Waals surface area contributed by atoms with Crippen LogP contribution in [0.3, 0.4) is 0 Å². The van der Waals surface area contributed by atoms with E-state index < -0.39 is 0 Å². The molecule has 14 heavy (non-hydrogen) atoms. The van der Waals surface area contributed by atoms with Crippen molar-refractivity contribution in [2.45, 2.75) is 13.5 Å². The van der Waals surface area contributed by atoms with Crippen molar-refractivity contribution >= 4 is 10.9 Å². The summed E-state index contributed by atoms with van der Waals surface area (Å²) in [5.74, 6) is 5.62. The Morgan fingerprint density at radius 2 is 2.21 bits per heavy atom. The minimum atomic E-state index is -0.197. The first-order chi connectivity index (χ1) is 6.81. The molecule has 0 saturated carbocycles. The van der Waals surface area contributed by atoms with Gasteiger partial charge in [0.25, 0.3) is 0 Å². The predicted molar refractivity (Wildman–Crippen MR) is 55.3 cm³/mol. The van der Waals surface area contributed by atoms with E-state index in [9.17, 15) is 4.39 Å². The van der Waals surface area contributed by atoms with Gasteiger partial charge in [-0.3, -0.25) is 0 Å². The third-order valence-corrected chi connectivity index (χ3v) is 2.16. The van der Waals surface area contributed by atoms with Crippen molar-refractivity contribution in [2.24, 2.45) is 0 Å². The second kappa shape index (κ2) is 3.55. The lowest BCUT2D eigenvalue weighted by molar-refractivity contribution is 0.629. The summed E-state index contributed by atoms with van der Waals surface area (Å²) in [5.41, 5.74) is 1.02. The van der Waals surface area contributed by atoms with Crippen molar-refractivity contribution in [1.82, 2.24) is 4.57 Å². The smallest absolute Gasteiger partial charge is 0.123 e. The highest BCUT2D eigenvalue weighted by Crippen LogP contribution is 2.16. The van der Waals surface area contributed by atoms with E-state index in [-0.39, 0.29) is 5.82 Å². The van der Waals surface area contributed by atoms with Gasteiger partial charge >= 0.3 is 0 Å². The molecule has 1 nitrogen and oxygen atoms in total. The maximum atomic E-state index is 12.9. The third kappa shape index (κ3) is 1.49. The van der Waals surface area contributed by atoms with Crippen LogP contribution in [0.25, 0.3) is 10.9 Å². The Morgan fingerprint density at radius 1 is 1.36 bits per heavy atom. The van der Waals surface area contributed by atoms with Crippen LogP contribution in [-0.2, 0) is 6.54 Å². The van der Waals surface area contributed by atoms with E-state index in [1.165, 1.54) is 12.1 Å². The first-order valence-corrected chi connectivity index (χ1v) is 4.45. The molecule has 0 unspecified atom stereocenters. The number of aromatic nitrogens is 1. The zero-order valence-corrected chi connectivity index (χ0v) is 7.92. The molecule has 2 heteroatoms. The molecule has 0 atom stereocenters. The molecule has 2 aromatic rings. The van der Waals surface area contributed by atoms with Crippen LogP contribution in [-0.4, -0.2) is 4.57 Å². The van der Waals surface area contributed by atoms with Crippen LogP contribution in [0.15, 0.2) is 30.5 Å². The van der Waals surface area contributed by atoms with Crippen molar-refractivity contribution in [3.63, 3.8) is 0 Å². The van der Waals surface area contributed by atoms with Gasteiger partial charge in [-0.25, -0.2) is 4.39 Å². The Bertz CT molecular complexity index is 514. The Hall–Kier alpha value is -1.75. The lowest BCUT2D eigenvalue weighted by Crippen LogP contribution is -1.92. The summed E-state index contributed by atoms with van der Waals surface area (Å²) in [6, 6.07) is 6.68. The standard InChI is InChI=1S/C12H10FN/c1-2-3-7-14-8-6-10-9-11(13)4-5-12(10)14/h4-6,8-9H,7H2,1H3. The summed E-state index contributed by atoms with van der Waals surface area (Å²) >= 11 is 0. The molecule has 0 radical (unpaired) electrons. The predicted octanol–water partition coefficient (Wildman–Crippen LogP) is 2.80. The van der Waals surface area contributed by atoms with Crippen molar-refractivity contribution in [3.8, 4) is 11.8 Å². The normalized spacial score (nSPS) is 9.86. The topological polar surface area (TPSA) is 4.93 Å². The highest BCUT2D eigenvalue weighted by molar-refractivity contribution is 5.80. The molecule has 0 aliphatic heterocycles. The summed E-state index contributed by atoms with van der Waals surface area (Å²) in [7, 11) is 0. The van der Waals surface area contributed by atoms with Gasteiger partial charge in [-0.05, 0) is 31.2 Å². The van der Waals surface area contributed by atoms with Gasteiger partial charge < -0.3 is 4.57 Å². The molecule has 1 heterocycles. The lowest BCUT2D eigenvalue weighted by atomic mass is 10.2. The zero-order chi connectivity index (χ0) is 9.97. The first-order valence-electron chi connectivity index (χ1n) is 4.45. The van der Waals surface area contributed by atoms with Crippen LogP contribution < -0.4 is 0 Å². The van der Waals surface area contributed by atoms with Gasteiger partial charge in [0.1, 0.15) is 5.82 Å². The van der Waals surface area contributed by atoms with Gasteiger partial charge in [-0.15, -0.1) is 5.92 Å². The molecule has 0 bridgehead atoms. The second-order valence-corrected chi connectivity index (χ2v) is 3.07. The highest BCUT2D eigenvalue weighted by atomic mass is 19.1. The molecule has 1 aromatic heterocycles. The van der Waals surface area contributed by atoms with Crippen molar-refractivity contribution in [3.05, 3.63) is 36.3 Å². The van der Waals surface area contributed by atoms with E-state index in [1.807, 2.05) is 23.8 Å². The number of hydrogen-bond acceptors (Lipinski definition) is 0. The number of halogens is 1. The van der Waals surface area contributed by atoms with E-state index in [4.69, 9.17) is 0 Å². The number of fused-ring (bicyclic) bond motifs is 1. The molecule has 0 fully saturated rings. The first kappa shape index (κ1) is 8.83. The van der Waals surface area contributed by atoms with Crippen molar-refractivity contribution in [2.75, 3.05) is 0 Å². The molecular weight excluding hydrogens is 177 g/mol. The van der Waals surface area contributed by atoms with Crippen molar-refractivity contribution < 1.29 is 4.39 Å². The molecular formula is C12H10FN. The average Bonchev–Trinajstić information content (AvgIpc) is 2.57. The fourth-order valence-electron chi connectivity index (χ4n) is 1.47. The number of nitrogens with zero attached hydrogens (tertiary/aromatic N) is 1. The van der Waals surface area contributed by atoms with Gasteiger partial charge in [-0.1, -0.05) is 5.92 Å². The average molecular weight is 187 g/mol. The van der Waals surface area contributed by atoms with Gasteiger partial charge in [0.15, 0.2) is 0 Å². The number of hydrogen-bond donors (Lipinski definition) is 0. The summed E-state index contributed by atoms with van der Waals surface area (Å²) in [4.78, 5) is 0. The van der Waals surface area contributed by atoms with E-state index in [1.54, 1.807) is 6.07 Å². The molecule has 0 aliphatic rings. The fraction of sp³-hybridized carbons (Fsp3) is 0.167. The highest BCUT2D eigenvalue weighted by Gasteiger charge is 2.00. The van der Waals surface area contributed by atoms with E-state index in [0.717, 1.165) is 10.9 Å². The lowest BCUT2D eigenvalue weighted by Gasteiger charge is -1.98. The molecule has 70 valence electrons. The summed E-state index contributed by atoms with van der Waals surface area (Å²) in [5, 5.41) is 0.919. The molecule has 0 spiro atoms. The fourth-order valence-corrected chi connectivity index (χ4v) is 1.47. The molecule has 1 aromatic carbocycles. The quantitative estimate of drug-likeness (QED) is 0.605. The van der Waals surface area contributed by atoms with Gasteiger partial charge in [0.05, 0.1) is 6.54 Å². The SMILES string of the molecule is CC#CCn1ccc2cc(F)ccc21. The van der Waals surface area contributed by atoms with Gasteiger partial charge in [0, 0.05) is 17.1 Å². The summed E-state index contributed by atoms with van der Waals surface area (Å²) < 4.78 is 14.9. The van der Waals surface area contributed by atoms with Crippen LogP contribution in [0.1, 0.15) is 6.92 Å². The summed E-state index contributed by atoms with van der Waals surface area (Å²) in [6.45, 7) is 2.47. The minimum Gasteiger partial charge on any atom is -0.336 e.